The summed E-state index contributed by atoms with van der Waals surface area (Å²) in [5.41, 5.74) is 1.42. The molecule has 0 aliphatic rings. The molecule has 0 atom stereocenters. The van der Waals surface area contributed by atoms with Crippen molar-refractivity contribution in [2.45, 2.75) is 24.7 Å². The number of benzene rings is 1. The van der Waals surface area contributed by atoms with Gasteiger partial charge in [-0.3, -0.25) is 9.36 Å². The molecule has 10 heteroatoms. The quantitative estimate of drug-likeness (QED) is 0.567. The molecule has 0 aliphatic heterocycles. The van der Waals surface area contributed by atoms with Crippen LogP contribution < -0.4 is 5.32 Å². The molecule has 1 N–H and O–H groups in total. The van der Waals surface area contributed by atoms with E-state index in [1.807, 2.05) is 6.07 Å². The number of rotatable bonds is 8. The van der Waals surface area contributed by atoms with Gasteiger partial charge in [-0.25, -0.2) is 0 Å². The average Bonchev–Trinajstić information content (AvgIpc) is 2.98. The van der Waals surface area contributed by atoms with E-state index >= 15 is 0 Å². The summed E-state index contributed by atoms with van der Waals surface area (Å²) in [6.07, 6.45) is -2.30. The number of ether oxygens (including phenoxy) is 1. The van der Waals surface area contributed by atoms with Crippen LogP contribution in [0, 0.1) is 0 Å². The van der Waals surface area contributed by atoms with Crippen molar-refractivity contribution >= 4 is 23.4 Å². The van der Waals surface area contributed by atoms with Gasteiger partial charge in [-0.05, 0) is 24.6 Å². The number of amides is 1. The number of halogens is 3. The third kappa shape index (κ3) is 6.75. The molecule has 1 heterocycles. The van der Waals surface area contributed by atoms with Crippen LogP contribution in [-0.2, 0) is 9.53 Å². The van der Waals surface area contributed by atoms with Crippen LogP contribution >= 0.6 is 11.8 Å². The van der Waals surface area contributed by atoms with Gasteiger partial charge >= 0.3 is 6.18 Å². The standard InChI is InChI=1S/C15H17F3N4O2S/c1-11(23)20-12-4-2-5-13(8-12)22-10-19-21-14(22)25-7-3-6-24-9-15(16,17)18/h2,4-5,8,10H,3,6-7,9H2,1H3,(H,20,23). The Morgan fingerprint density at radius 3 is 2.92 bits per heavy atom. The minimum absolute atomic E-state index is 0.0265. The molecule has 1 amide bonds. The first-order chi connectivity index (χ1) is 11.8. The summed E-state index contributed by atoms with van der Waals surface area (Å²) in [6, 6.07) is 7.17. The van der Waals surface area contributed by atoms with Crippen LogP contribution in [0.25, 0.3) is 5.69 Å². The Labute approximate surface area is 146 Å². The van der Waals surface area contributed by atoms with E-state index < -0.39 is 12.8 Å². The lowest BCUT2D eigenvalue weighted by atomic mass is 10.2. The number of carbonyl (C=O) groups excluding carboxylic acids is 1. The molecule has 0 radical (unpaired) electrons. The zero-order valence-electron chi connectivity index (χ0n) is 13.4. The van der Waals surface area contributed by atoms with Gasteiger partial charge in [-0.2, -0.15) is 13.2 Å². The van der Waals surface area contributed by atoms with Crippen LogP contribution in [-0.4, -0.2) is 45.8 Å². The predicted octanol–water partition coefficient (Wildman–Crippen LogP) is 3.29. The maximum Gasteiger partial charge on any atom is 0.411 e. The second-order valence-electron chi connectivity index (χ2n) is 5.08. The van der Waals surface area contributed by atoms with Crippen LogP contribution in [0.15, 0.2) is 35.7 Å². The molecule has 2 rings (SSSR count). The van der Waals surface area contributed by atoms with Gasteiger partial charge in [0, 0.05) is 25.0 Å². The first kappa shape index (κ1) is 19.3. The fraction of sp³-hybridized carbons (Fsp3) is 0.400. The highest BCUT2D eigenvalue weighted by Crippen LogP contribution is 2.22. The van der Waals surface area contributed by atoms with Crippen LogP contribution in [0.1, 0.15) is 13.3 Å². The zero-order chi connectivity index (χ0) is 18.3. The van der Waals surface area contributed by atoms with Gasteiger partial charge < -0.3 is 10.1 Å². The van der Waals surface area contributed by atoms with Gasteiger partial charge in [0.05, 0.1) is 5.69 Å². The van der Waals surface area contributed by atoms with Crippen molar-refractivity contribution in [1.82, 2.24) is 14.8 Å². The number of hydrogen-bond acceptors (Lipinski definition) is 5. The van der Waals surface area contributed by atoms with E-state index in [1.54, 1.807) is 22.8 Å². The summed E-state index contributed by atoms with van der Waals surface area (Å²) in [5, 5.41) is 11.2. The number of nitrogens with zero attached hydrogens (tertiary/aromatic N) is 3. The molecular formula is C15H17F3N4O2S. The van der Waals surface area contributed by atoms with Gasteiger partial charge in [0.15, 0.2) is 5.16 Å². The number of hydrogen-bond donors (Lipinski definition) is 1. The molecule has 0 fully saturated rings. The Balaban J connectivity index is 1.89. The summed E-state index contributed by atoms with van der Waals surface area (Å²) in [6.45, 7) is 0.218. The van der Waals surface area contributed by atoms with Crippen molar-refractivity contribution in [1.29, 1.82) is 0 Å². The summed E-state index contributed by atoms with van der Waals surface area (Å²) in [4.78, 5) is 11.1. The highest BCUT2D eigenvalue weighted by molar-refractivity contribution is 7.99. The first-order valence-corrected chi connectivity index (χ1v) is 8.39. The van der Waals surface area contributed by atoms with E-state index in [-0.39, 0.29) is 12.5 Å². The average molecular weight is 374 g/mol. The third-order valence-corrected chi connectivity index (χ3v) is 3.92. The summed E-state index contributed by atoms with van der Waals surface area (Å²) in [5.74, 6) is 0.372. The minimum Gasteiger partial charge on any atom is -0.372 e. The fourth-order valence-electron chi connectivity index (χ4n) is 1.95. The van der Waals surface area contributed by atoms with Gasteiger partial charge in [-0.1, -0.05) is 17.8 Å². The summed E-state index contributed by atoms with van der Waals surface area (Å²) >= 11 is 1.37. The Morgan fingerprint density at radius 2 is 2.20 bits per heavy atom. The lowest BCUT2D eigenvalue weighted by molar-refractivity contribution is -0.173. The first-order valence-electron chi connectivity index (χ1n) is 7.40. The summed E-state index contributed by atoms with van der Waals surface area (Å²) < 4.78 is 42.2. The topological polar surface area (TPSA) is 69.0 Å². The molecule has 0 spiro atoms. The molecule has 6 nitrogen and oxygen atoms in total. The SMILES string of the molecule is CC(=O)Nc1cccc(-n2cnnc2SCCCOCC(F)(F)F)c1. The number of carbonyl (C=O) groups is 1. The van der Waals surface area contributed by atoms with Gasteiger partial charge in [-0.15, -0.1) is 10.2 Å². The van der Waals surface area contributed by atoms with E-state index in [1.165, 1.54) is 25.0 Å². The molecule has 136 valence electrons. The van der Waals surface area contributed by atoms with Gasteiger partial charge in [0.2, 0.25) is 5.91 Å². The summed E-state index contributed by atoms with van der Waals surface area (Å²) in [7, 11) is 0. The molecular weight excluding hydrogens is 357 g/mol. The Hall–Kier alpha value is -2.07. The van der Waals surface area contributed by atoms with Gasteiger partial charge in [0.1, 0.15) is 12.9 Å². The van der Waals surface area contributed by atoms with E-state index in [2.05, 4.69) is 20.3 Å². The molecule has 0 bridgehead atoms. The number of alkyl halides is 3. The predicted molar refractivity (Wildman–Crippen MR) is 87.9 cm³/mol. The monoisotopic (exact) mass is 374 g/mol. The lowest BCUT2D eigenvalue weighted by Crippen LogP contribution is -2.17. The van der Waals surface area contributed by atoms with Crippen molar-refractivity contribution in [3.8, 4) is 5.69 Å². The van der Waals surface area contributed by atoms with Crippen molar-refractivity contribution in [3.05, 3.63) is 30.6 Å². The molecule has 25 heavy (non-hydrogen) atoms. The number of aromatic nitrogens is 3. The molecule has 1 aromatic carbocycles. The lowest BCUT2D eigenvalue weighted by Gasteiger charge is -2.09. The van der Waals surface area contributed by atoms with E-state index in [0.29, 0.717) is 23.0 Å². The second-order valence-corrected chi connectivity index (χ2v) is 6.15. The number of nitrogens with one attached hydrogen (secondary N) is 1. The van der Waals surface area contributed by atoms with Crippen LogP contribution in [0.3, 0.4) is 0 Å². The van der Waals surface area contributed by atoms with Crippen molar-refractivity contribution < 1.29 is 22.7 Å². The number of thioether (sulfide) groups is 1. The Kier molecular flexibility index (Phi) is 6.82. The maximum atomic E-state index is 12.0. The van der Waals surface area contributed by atoms with Crippen LogP contribution in [0.2, 0.25) is 0 Å². The smallest absolute Gasteiger partial charge is 0.372 e. The highest BCUT2D eigenvalue weighted by atomic mass is 32.2. The normalized spacial score (nSPS) is 11.5. The molecule has 0 unspecified atom stereocenters. The third-order valence-electron chi connectivity index (χ3n) is 2.89. The van der Waals surface area contributed by atoms with E-state index in [0.717, 1.165) is 5.69 Å². The van der Waals surface area contributed by atoms with Crippen molar-refractivity contribution in [2.24, 2.45) is 0 Å². The van der Waals surface area contributed by atoms with Crippen LogP contribution in [0.5, 0.6) is 0 Å². The largest absolute Gasteiger partial charge is 0.411 e. The Morgan fingerprint density at radius 1 is 1.40 bits per heavy atom. The Bertz CT molecular complexity index is 706. The van der Waals surface area contributed by atoms with E-state index in [4.69, 9.17) is 0 Å². The van der Waals surface area contributed by atoms with Crippen LogP contribution in [0.4, 0.5) is 18.9 Å². The maximum absolute atomic E-state index is 12.0. The molecule has 2 aromatic rings. The molecule has 1 aromatic heterocycles. The van der Waals surface area contributed by atoms with Crippen molar-refractivity contribution in [2.75, 3.05) is 24.3 Å². The zero-order valence-corrected chi connectivity index (χ0v) is 14.2. The fourth-order valence-corrected chi connectivity index (χ4v) is 2.79. The van der Waals surface area contributed by atoms with Gasteiger partial charge in [0.25, 0.3) is 0 Å². The van der Waals surface area contributed by atoms with E-state index in [9.17, 15) is 18.0 Å². The minimum atomic E-state index is -4.30. The molecule has 0 aliphatic carbocycles. The second kappa shape index (κ2) is 8.86. The molecule has 0 saturated carbocycles. The number of anilines is 1. The highest BCUT2D eigenvalue weighted by Gasteiger charge is 2.27. The van der Waals surface area contributed by atoms with Crippen molar-refractivity contribution in [3.63, 3.8) is 0 Å². The molecule has 0 saturated heterocycles.